The molecule has 0 saturated carbocycles. The Morgan fingerprint density at radius 3 is 2.63 bits per heavy atom. The predicted molar refractivity (Wildman–Crippen MR) is 102 cm³/mol. The molecule has 4 atom stereocenters. The summed E-state index contributed by atoms with van der Waals surface area (Å²) in [7, 11) is 0. The van der Waals surface area contributed by atoms with E-state index in [2.05, 4.69) is 0 Å². The molecule has 27 heavy (non-hydrogen) atoms. The zero-order valence-corrected chi connectivity index (χ0v) is 16.9. The summed E-state index contributed by atoms with van der Waals surface area (Å²) in [4.78, 5) is 12.1. The van der Waals surface area contributed by atoms with Gasteiger partial charge in [-0.25, -0.2) is 0 Å². The van der Waals surface area contributed by atoms with Gasteiger partial charge in [-0.3, -0.25) is 4.79 Å². The molecule has 2 rings (SSSR count). The van der Waals surface area contributed by atoms with Gasteiger partial charge in [0.1, 0.15) is 18.0 Å². The molecule has 0 radical (unpaired) electrons. The SMILES string of the molecule is CC(=CCCC(C)(O)C1CC2=C(CCC(O)C2=O)O1)CCC(O)C(C)(C)O. The largest absolute Gasteiger partial charge is 0.491 e. The standard InChI is InChI=1S/C21H34O6/c1-13(7-10-17(23)20(2,3)25)6-5-11-21(4,26)18-12-14-16(27-18)9-8-15(22)19(14)24/h6,15,17-18,22-23,25-26H,5,7-12H2,1-4H3. The molecule has 0 aromatic rings. The molecule has 0 bridgehead atoms. The van der Waals surface area contributed by atoms with E-state index in [1.54, 1.807) is 20.8 Å². The van der Waals surface area contributed by atoms with Gasteiger partial charge < -0.3 is 25.2 Å². The van der Waals surface area contributed by atoms with Gasteiger partial charge in [-0.15, -0.1) is 0 Å². The molecule has 2 aliphatic rings. The second-order valence-electron chi connectivity index (χ2n) is 8.79. The smallest absolute Gasteiger partial charge is 0.190 e. The third-order valence-corrected chi connectivity index (χ3v) is 5.72. The summed E-state index contributed by atoms with van der Waals surface area (Å²) in [5.74, 6) is 0.360. The fourth-order valence-corrected chi connectivity index (χ4v) is 3.57. The normalized spacial score (nSPS) is 27.3. The van der Waals surface area contributed by atoms with Gasteiger partial charge in [0, 0.05) is 18.4 Å². The summed E-state index contributed by atoms with van der Waals surface area (Å²) in [6.07, 6.45) is 3.40. The predicted octanol–water partition coefficient (Wildman–Crippen LogP) is 2.14. The molecule has 4 N–H and O–H groups in total. The quantitative estimate of drug-likeness (QED) is 0.479. The highest BCUT2D eigenvalue weighted by molar-refractivity contribution is 6.00. The topological polar surface area (TPSA) is 107 Å². The van der Waals surface area contributed by atoms with Crippen LogP contribution >= 0.6 is 0 Å². The average molecular weight is 382 g/mol. The Balaban J connectivity index is 1.82. The Hall–Kier alpha value is -1.21. The Morgan fingerprint density at radius 2 is 2.00 bits per heavy atom. The van der Waals surface area contributed by atoms with Crippen LogP contribution in [0.4, 0.5) is 0 Å². The minimum absolute atomic E-state index is 0.268. The Morgan fingerprint density at radius 1 is 1.33 bits per heavy atom. The van der Waals surface area contributed by atoms with Crippen molar-refractivity contribution in [2.45, 2.75) is 102 Å². The number of hydrogen-bond donors (Lipinski definition) is 4. The van der Waals surface area contributed by atoms with Crippen LogP contribution in [0.3, 0.4) is 0 Å². The number of carbonyl (C=O) groups excluding carboxylic acids is 1. The van der Waals surface area contributed by atoms with Gasteiger partial charge in [0.15, 0.2) is 5.78 Å². The van der Waals surface area contributed by atoms with E-state index in [0.717, 1.165) is 5.57 Å². The van der Waals surface area contributed by atoms with Crippen LogP contribution in [0.25, 0.3) is 0 Å². The van der Waals surface area contributed by atoms with Crippen LogP contribution in [0, 0.1) is 0 Å². The molecular weight excluding hydrogens is 348 g/mol. The van der Waals surface area contributed by atoms with E-state index in [1.165, 1.54) is 0 Å². The van der Waals surface area contributed by atoms with Crippen molar-refractivity contribution >= 4 is 5.78 Å². The molecule has 0 aromatic carbocycles. The van der Waals surface area contributed by atoms with Crippen molar-refractivity contribution in [1.82, 2.24) is 0 Å². The first-order valence-electron chi connectivity index (χ1n) is 9.81. The van der Waals surface area contributed by atoms with Gasteiger partial charge in [0.25, 0.3) is 0 Å². The van der Waals surface area contributed by atoms with Crippen molar-refractivity contribution < 1.29 is 30.0 Å². The molecule has 4 unspecified atom stereocenters. The lowest BCUT2D eigenvalue weighted by Gasteiger charge is -2.30. The summed E-state index contributed by atoms with van der Waals surface area (Å²) in [5, 5.41) is 40.2. The second kappa shape index (κ2) is 8.43. The number of hydrogen-bond acceptors (Lipinski definition) is 6. The molecule has 1 aliphatic heterocycles. The van der Waals surface area contributed by atoms with Crippen LogP contribution in [0.5, 0.6) is 0 Å². The Kier molecular flexibility index (Phi) is 6.90. The molecule has 0 saturated heterocycles. The minimum atomic E-state index is -1.11. The fourth-order valence-electron chi connectivity index (χ4n) is 3.57. The van der Waals surface area contributed by atoms with Gasteiger partial charge in [0.05, 0.1) is 17.3 Å². The zero-order chi connectivity index (χ0) is 20.4. The van der Waals surface area contributed by atoms with Gasteiger partial charge >= 0.3 is 0 Å². The van der Waals surface area contributed by atoms with Crippen molar-refractivity contribution in [3.63, 3.8) is 0 Å². The minimum Gasteiger partial charge on any atom is -0.491 e. The van der Waals surface area contributed by atoms with Gasteiger partial charge in [-0.1, -0.05) is 11.6 Å². The summed E-state index contributed by atoms with van der Waals surface area (Å²) in [6, 6.07) is 0. The first-order valence-corrected chi connectivity index (χ1v) is 9.81. The summed E-state index contributed by atoms with van der Waals surface area (Å²) in [6.45, 7) is 6.87. The highest BCUT2D eigenvalue weighted by Crippen LogP contribution is 2.39. The lowest BCUT2D eigenvalue weighted by atomic mass is 9.86. The highest BCUT2D eigenvalue weighted by Gasteiger charge is 2.43. The number of ketones is 1. The van der Waals surface area contributed by atoms with Crippen LogP contribution in [0.15, 0.2) is 23.0 Å². The van der Waals surface area contributed by atoms with Crippen LogP contribution in [-0.4, -0.2) is 55.7 Å². The fraction of sp³-hybridized carbons (Fsp3) is 0.762. The van der Waals surface area contributed by atoms with Gasteiger partial charge in [0.2, 0.25) is 0 Å². The Bertz CT molecular complexity index is 611. The Labute approximate surface area is 161 Å². The summed E-state index contributed by atoms with van der Waals surface area (Å²) < 4.78 is 5.84. The molecule has 1 aliphatic carbocycles. The molecule has 6 nitrogen and oxygen atoms in total. The van der Waals surface area contributed by atoms with Gasteiger partial charge in [-0.2, -0.15) is 0 Å². The molecule has 154 valence electrons. The number of ether oxygens (including phenoxy) is 1. The summed E-state index contributed by atoms with van der Waals surface area (Å²) >= 11 is 0. The molecular formula is C21H34O6. The van der Waals surface area contributed by atoms with E-state index < -0.39 is 29.5 Å². The van der Waals surface area contributed by atoms with Crippen molar-refractivity contribution in [2.24, 2.45) is 0 Å². The first-order chi connectivity index (χ1) is 12.4. The van der Waals surface area contributed by atoms with Crippen LogP contribution in [0.2, 0.25) is 0 Å². The third-order valence-electron chi connectivity index (χ3n) is 5.72. The van der Waals surface area contributed by atoms with E-state index in [9.17, 15) is 25.2 Å². The monoisotopic (exact) mass is 382 g/mol. The van der Waals surface area contributed by atoms with E-state index in [1.807, 2.05) is 13.0 Å². The zero-order valence-electron chi connectivity index (χ0n) is 16.9. The molecule has 0 amide bonds. The van der Waals surface area contributed by atoms with E-state index in [4.69, 9.17) is 4.74 Å². The van der Waals surface area contributed by atoms with E-state index in [0.29, 0.717) is 56.3 Å². The average Bonchev–Trinajstić information content (AvgIpc) is 3.01. The second-order valence-corrected chi connectivity index (χ2v) is 8.79. The summed E-state index contributed by atoms with van der Waals surface area (Å²) in [5.41, 5.74) is -0.559. The number of aliphatic hydroxyl groups excluding tert-OH is 2. The maximum absolute atomic E-state index is 12.1. The van der Waals surface area contributed by atoms with Gasteiger partial charge in [-0.05, 0) is 59.8 Å². The molecule has 1 heterocycles. The van der Waals surface area contributed by atoms with Crippen molar-refractivity contribution in [2.75, 3.05) is 0 Å². The highest BCUT2D eigenvalue weighted by atomic mass is 16.5. The lowest BCUT2D eigenvalue weighted by molar-refractivity contribution is -0.124. The van der Waals surface area contributed by atoms with Crippen LogP contribution in [-0.2, 0) is 9.53 Å². The number of aliphatic hydroxyl groups is 4. The van der Waals surface area contributed by atoms with Crippen LogP contribution < -0.4 is 0 Å². The third kappa shape index (κ3) is 5.64. The van der Waals surface area contributed by atoms with E-state index >= 15 is 0 Å². The number of allylic oxidation sites excluding steroid dienone is 3. The first kappa shape index (κ1) is 22.1. The maximum Gasteiger partial charge on any atom is 0.190 e. The molecule has 0 fully saturated rings. The van der Waals surface area contributed by atoms with Crippen molar-refractivity contribution in [1.29, 1.82) is 0 Å². The number of rotatable bonds is 8. The molecule has 0 aromatic heterocycles. The number of Topliss-reactive ketones (excluding diaryl/α,β-unsaturated/α-hetero) is 1. The molecule has 0 spiro atoms. The number of carbonyl (C=O) groups is 1. The van der Waals surface area contributed by atoms with Crippen LogP contribution in [0.1, 0.15) is 72.6 Å². The van der Waals surface area contributed by atoms with Crippen molar-refractivity contribution in [3.8, 4) is 0 Å². The van der Waals surface area contributed by atoms with Crippen molar-refractivity contribution in [3.05, 3.63) is 23.0 Å². The molecule has 6 heteroatoms. The lowest BCUT2D eigenvalue weighted by Crippen LogP contribution is -2.39. The van der Waals surface area contributed by atoms with E-state index in [-0.39, 0.29) is 5.78 Å². The maximum atomic E-state index is 12.1.